The van der Waals surface area contributed by atoms with E-state index >= 15 is 4.39 Å². The lowest BCUT2D eigenvalue weighted by Gasteiger charge is -2.27. The molecule has 3 unspecified atom stereocenters. The van der Waals surface area contributed by atoms with Gasteiger partial charge in [0.05, 0.1) is 37.2 Å². The zero-order valence-electron chi connectivity index (χ0n) is 22.3. The van der Waals surface area contributed by atoms with Crippen LogP contribution in [-0.2, 0) is 39.2 Å². The molecular weight excluding hydrogens is 701 g/mol. The largest absolute Gasteiger partial charge is 0.389 e. The van der Waals surface area contributed by atoms with Crippen LogP contribution in [0.1, 0.15) is 11.6 Å². The van der Waals surface area contributed by atoms with Crippen molar-refractivity contribution in [3.05, 3.63) is 29.3 Å². The minimum atomic E-state index is -4.34. The van der Waals surface area contributed by atoms with E-state index in [0.29, 0.717) is 0 Å². The number of anilines is 2. The van der Waals surface area contributed by atoms with Gasteiger partial charge in [-0.1, -0.05) is 12.2 Å². The molecule has 0 amide bonds. The Bertz CT molecular complexity index is 1950. The number of thioether (sulfide) groups is 1. The Morgan fingerprint density at radius 3 is 2.64 bits per heavy atom. The number of hydrogen-bond donors (Lipinski definition) is 6. The Hall–Kier alpha value is -2.27. The molecule has 0 aliphatic carbocycles. The van der Waals surface area contributed by atoms with E-state index in [1.54, 1.807) is 0 Å². The number of halogens is 1. The molecule has 0 radical (unpaired) electrons. The van der Waals surface area contributed by atoms with Crippen molar-refractivity contribution in [1.82, 2.24) is 39.0 Å². The summed E-state index contributed by atoms with van der Waals surface area (Å²) >= 11 is 10.3. The number of aliphatic hydroxyl groups excluding tert-OH is 1. The van der Waals surface area contributed by atoms with Crippen LogP contribution in [0.5, 0.6) is 0 Å². The molecule has 3 aliphatic rings. The minimum Gasteiger partial charge on any atom is -0.389 e. The minimum absolute atomic E-state index is 0.0451. The maximum absolute atomic E-state index is 16.0. The van der Waals surface area contributed by atoms with Gasteiger partial charge >= 0.3 is 13.5 Å². The maximum Gasteiger partial charge on any atom is 0.386 e. The van der Waals surface area contributed by atoms with Crippen LogP contribution in [0.25, 0.3) is 22.3 Å². The highest BCUT2D eigenvalue weighted by Gasteiger charge is 2.53. The number of H-pyrrole nitrogens is 1. The van der Waals surface area contributed by atoms with E-state index in [1.807, 2.05) is 0 Å². The Balaban J connectivity index is 1.21. The van der Waals surface area contributed by atoms with Gasteiger partial charge < -0.3 is 30.7 Å². The summed E-state index contributed by atoms with van der Waals surface area (Å²) in [5, 5.41) is 9.43. The summed E-state index contributed by atoms with van der Waals surface area (Å²) in [5.41, 5.74) is 11.4. The smallest absolute Gasteiger partial charge is 0.386 e. The van der Waals surface area contributed by atoms with E-state index in [0.717, 1.165) is 11.8 Å². The molecule has 3 fully saturated rings. The van der Waals surface area contributed by atoms with Crippen molar-refractivity contribution < 1.29 is 41.8 Å². The number of nitrogen functional groups attached to an aromatic ring is 2. The van der Waals surface area contributed by atoms with Gasteiger partial charge in [-0.2, -0.15) is 4.98 Å². The number of aliphatic hydroxyl groups is 1. The van der Waals surface area contributed by atoms with E-state index in [4.69, 9.17) is 46.1 Å². The predicted molar refractivity (Wildman–Crippen MR) is 162 cm³/mol. The van der Waals surface area contributed by atoms with Crippen molar-refractivity contribution in [2.24, 2.45) is 0 Å². The molecule has 0 spiro atoms. The summed E-state index contributed by atoms with van der Waals surface area (Å²) in [6.45, 7) is -9.57. The van der Waals surface area contributed by atoms with Crippen LogP contribution < -0.4 is 17.0 Å². The number of nitrogens with one attached hydrogen (secondary N) is 1. The third-order valence-electron chi connectivity index (χ3n) is 7.28. The fourth-order valence-electron chi connectivity index (χ4n) is 5.26. The van der Waals surface area contributed by atoms with Gasteiger partial charge in [-0.15, -0.1) is 11.8 Å². The van der Waals surface area contributed by atoms with Crippen LogP contribution >= 0.6 is 37.5 Å². The lowest BCUT2D eigenvalue weighted by molar-refractivity contribution is -0.0432. The van der Waals surface area contributed by atoms with Crippen molar-refractivity contribution in [2.45, 2.75) is 47.4 Å². The third-order valence-corrected chi connectivity index (χ3v) is 12.0. The van der Waals surface area contributed by atoms with Gasteiger partial charge in [-0.05, 0) is 11.8 Å². The number of aromatic amines is 1. The Labute approximate surface area is 265 Å². The van der Waals surface area contributed by atoms with Gasteiger partial charge in [0.25, 0.3) is 5.56 Å². The van der Waals surface area contributed by atoms with Crippen LogP contribution in [0, 0.1) is 0 Å². The summed E-state index contributed by atoms with van der Waals surface area (Å²) in [6, 6.07) is 0. The van der Waals surface area contributed by atoms with Gasteiger partial charge in [0.2, 0.25) is 5.95 Å². The van der Waals surface area contributed by atoms with E-state index < -0.39 is 79.7 Å². The summed E-state index contributed by atoms with van der Waals surface area (Å²) in [6.07, 6.45) is -5.33. The molecule has 3 aliphatic heterocycles. The summed E-state index contributed by atoms with van der Waals surface area (Å²) in [5.74, 6) is -0.127. The van der Waals surface area contributed by atoms with Gasteiger partial charge in [0.1, 0.15) is 35.5 Å². The molecule has 0 aromatic carbocycles. The monoisotopic (exact) mass is 724 g/mol. The standard InChI is InChI=1S/C20H23FN10O9P2S3/c21-8-12-6(38-18(8)30-4-26-9-14(22)24-3-25-15(9)30)1-36-41(34,43)40-13-11(32)7(2-37-42(35,44)39-12)45-19(13)31-5-27-10-16(31)28-20(23)29-17(10)33/h3-8,11-13,18-19,32H,1-2H2,(H,34,43)(H,35,44)(H2,22,24,25)(H3,23,28,29,33)/t6-,7-,8+,11-,12-,13-,18?,19-,41?,42?/m1/s1. The second kappa shape index (κ2) is 11.5. The van der Waals surface area contributed by atoms with E-state index in [2.05, 4.69) is 42.2 Å². The number of fused-ring (bicyclic) bond motifs is 5. The fraction of sp³-hybridized carbons (Fsp3) is 0.500. The van der Waals surface area contributed by atoms with Crippen molar-refractivity contribution >= 4 is 83.4 Å². The summed E-state index contributed by atoms with van der Waals surface area (Å²) in [7, 11) is 0. The Kier molecular flexibility index (Phi) is 7.98. The van der Waals surface area contributed by atoms with Gasteiger partial charge in [0.15, 0.2) is 35.0 Å². The molecule has 25 heteroatoms. The molecule has 45 heavy (non-hydrogen) atoms. The average molecular weight is 725 g/mol. The molecular formula is C20H23FN10O9P2S3. The SMILES string of the molecule is Nc1nc2c(ncn2[C@@H]2S[C@@H]3COP(O)(=S)O[C@H]4[C@H](F)C(n5cnc6c(N)ncnc65)O[C@@H]4COP(=O)(S)O[C@@H]2[C@@H]3O)c(=O)[nH]1. The molecule has 4 aromatic heterocycles. The van der Waals surface area contributed by atoms with Crippen molar-refractivity contribution in [2.75, 3.05) is 24.7 Å². The van der Waals surface area contributed by atoms with Crippen molar-refractivity contribution in [1.29, 1.82) is 0 Å². The first-order valence-electron chi connectivity index (χ1n) is 12.9. The van der Waals surface area contributed by atoms with E-state index in [1.165, 1.54) is 28.1 Å². The summed E-state index contributed by atoms with van der Waals surface area (Å²) in [4.78, 5) is 46.0. The van der Waals surface area contributed by atoms with Gasteiger partial charge in [-0.3, -0.25) is 32.5 Å². The van der Waals surface area contributed by atoms with E-state index in [9.17, 15) is 19.4 Å². The molecule has 10 atom stereocenters. The van der Waals surface area contributed by atoms with Crippen molar-refractivity contribution in [3.8, 4) is 0 Å². The predicted octanol–water partition coefficient (Wildman–Crippen LogP) is 0.406. The van der Waals surface area contributed by atoms with Crippen LogP contribution in [0.4, 0.5) is 16.2 Å². The number of nitrogens with zero attached hydrogens (tertiary/aromatic N) is 7. The number of rotatable bonds is 2. The third kappa shape index (κ3) is 5.68. The topological polar surface area (TPSA) is 263 Å². The van der Waals surface area contributed by atoms with Crippen LogP contribution in [-0.4, -0.2) is 98.1 Å². The van der Waals surface area contributed by atoms with Crippen LogP contribution in [0.3, 0.4) is 0 Å². The average Bonchev–Trinajstić information content (AvgIpc) is 3.72. The highest BCUT2D eigenvalue weighted by Crippen LogP contribution is 2.60. The Morgan fingerprint density at radius 1 is 1.09 bits per heavy atom. The quantitative estimate of drug-likeness (QED) is 0.121. The van der Waals surface area contributed by atoms with Gasteiger partial charge in [-0.25, -0.2) is 28.9 Å². The number of thiol groups is 1. The lowest BCUT2D eigenvalue weighted by atomic mass is 10.1. The van der Waals surface area contributed by atoms with Gasteiger partial charge in [0, 0.05) is 0 Å². The molecule has 7 rings (SSSR count). The number of alkyl halides is 1. The Morgan fingerprint density at radius 2 is 1.84 bits per heavy atom. The molecule has 7 N–H and O–H groups in total. The number of hydrogen-bond acceptors (Lipinski definition) is 17. The van der Waals surface area contributed by atoms with E-state index in [-0.39, 0.29) is 34.1 Å². The summed E-state index contributed by atoms with van der Waals surface area (Å²) < 4.78 is 60.6. The second-order valence-corrected chi connectivity index (χ2v) is 17.1. The normalized spacial score (nSPS) is 37.7. The maximum atomic E-state index is 16.0. The first-order chi connectivity index (χ1) is 21.3. The number of ether oxygens (including phenoxy) is 1. The van der Waals surface area contributed by atoms with Crippen LogP contribution in [0.2, 0.25) is 0 Å². The second-order valence-electron chi connectivity index (χ2n) is 10.1. The zero-order chi connectivity index (χ0) is 31.8. The van der Waals surface area contributed by atoms with Crippen LogP contribution in [0.15, 0.2) is 23.8 Å². The fourth-order valence-corrected chi connectivity index (χ4v) is 9.84. The molecule has 0 saturated carbocycles. The lowest BCUT2D eigenvalue weighted by Crippen LogP contribution is -2.35. The molecule has 19 nitrogen and oxygen atoms in total. The zero-order valence-corrected chi connectivity index (χ0v) is 26.7. The highest BCUT2D eigenvalue weighted by molar-refractivity contribution is 8.44. The first-order valence-corrected chi connectivity index (χ1v) is 19.1. The number of nitrogens with two attached hydrogens (primary N) is 2. The molecule has 2 bridgehead atoms. The number of aromatic nitrogens is 8. The molecule has 7 heterocycles. The van der Waals surface area contributed by atoms with Crippen molar-refractivity contribution in [3.63, 3.8) is 0 Å². The molecule has 4 aromatic rings. The highest BCUT2D eigenvalue weighted by atomic mass is 32.7. The first kappa shape index (κ1) is 31.3. The number of imidazole rings is 2. The molecule has 242 valence electrons. The molecule has 3 saturated heterocycles.